The fraction of sp³-hybridized carbons (Fsp3) is 0.273. The number of hydrogen-bond donors (Lipinski definition) is 0. The van der Waals surface area contributed by atoms with E-state index in [1.54, 1.807) is 0 Å². The van der Waals surface area contributed by atoms with Crippen LogP contribution in [0.5, 0.6) is 0 Å². The summed E-state index contributed by atoms with van der Waals surface area (Å²) in [5, 5.41) is 0. The maximum Gasteiger partial charge on any atom is -0.0155 e. The molecule has 0 amide bonds. The van der Waals surface area contributed by atoms with Crippen molar-refractivity contribution in [2.75, 3.05) is 0 Å². The van der Waals surface area contributed by atoms with Gasteiger partial charge in [-0.15, -0.1) is 0 Å². The van der Waals surface area contributed by atoms with Gasteiger partial charge in [0.2, 0.25) is 0 Å². The van der Waals surface area contributed by atoms with E-state index in [-0.39, 0.29) is 0 Å². The van der Waals surface area contributed by atoms with Crippen LogP contribution in [0.1, 0.15) is 55.5 Å². The monoisotopic (exact) mass is 438 g/mol. The third kappa shape index (κ3) is 8.39. The van der Waals surface area contributed by atoms with Crippen LogP contribution in [0, 0.1) is 34.6 Å². The summed E-state index contributed by atoms with van der Waals surface area (Å²) in [5.41, 5.74) is 12.0. The van der Waals surface area contributed by atoms with Crippen molar-refractivity contribution in [3.63, 3.8) is 0 Å². The van der Waals surface area contributed by atoms with Gasteiger partial charge >= 0.3 is 0 Å². The molecule has 4 aromatic rings. The molecule has 4 aromatic carbocycles. The van der Waals surface area contributed by atoms with Gasteiger partial charge < -0.3 is 0 Å². The van der Waals surface area contributed by atoms with Crippen LogP contribution in [0.25, 0.3) is 22.3 Å². The predicted octanol–water partition coefficient (Wildman–Crippen LogP) is 10.3. The van der Waals surface area contributed by atoms with Crippen molar-refractivity contribution in [2.24, 2.45) is 0 Å². The Kier molecular flexibility index (Phi) is 12.6. The molecule has 0 saturated carbocycles. The minimum atomic E-state index is 1.30. The first-order valence-corrected chi connectivity index (χ1v) is 12.2. The first-order chi connectivity index (χ1) is 16.0. The van der Waals surface area contributed by atoms with E-state index in [9.17, 15) is 0 Å². The quantitative estimate of drug-likeness (QED) is 0.292. The van der Waals surface area contributed by atoms with Crippen LogP contribution < -0.4 is 0 Å². The van der Waals surface area contributed by atoms with Crippen LogP contribution in [-0.4, -0.2) is 0 Å². The molecule has 0 atom stereocenters. The first kappa shape index (κ1) is 27.9. The smallest absolute Gasteiger partial charge is 0.0155 e. The van der Waals surface area contributed by atoms with Crippen molar-refractivity contribution in [3.8, 4) is 22.3 Å². The number of benzene rings is 4. The van der Waals surface area contributed by atoms with E-state index in [4.69, 9.17) is 0 Å². The summed E-state index contributed by atoms with van der Waals surface area (Å²) >= 11 is 0. The number of aryl methyl sites for hydroxylation is 4. The highest BCUT2D eigenvalue weighted by Crippen LogP contribution is 2.24. The molecule has 0 aliphatic rings. The van der Waals surface area contributed by atoms with Crippen molar-refractivity contribution in [1.29, 1.82) is 0 Å². The zero-order chi connectivity index (χ0) is 24.8. The van der Waals surface area contributed by atoms with Crippen LogP contribution in [-0.2, 0) is 0 Å². The van der Waals surface area contributed by atoms with Crippen LogP contribution in [0.15, 0.2) is 91.0 Å². The summed E-state index contributed by atoms with van der Waals surface area (Å²) in [6.45, 7) is 18.8. The minimum absolute atomic E-state index is 1.30. The normalized spacial score (nSPS) is 9.36. The average molecular weight is 439 g/mol. The Morgan fingerprint density at radius 3 is 1.39 bits per heavy atom. The van der Waals surface area contributed by atoms with Gasteiger partial charge in [0.25, 0.3) is 0 Å². The Morgan fingerprint density at radius 2 is 0.879 bits per heavy atom. The lowest BCUT2D eigenvalue weighted by molar-refractivity contribution is 1.27. The van der Waals surface area contributed by atoms with Crippen molar-refractivity contribution >= 4 is 0 Å². The fourth-order valence-electron chi connectivity index (χ4n) is 3.46. The molecule has 0 heterocycles. The Labute approximate surface area is 203 Å². The zero-order valence-corrected chi connectivity index (χ0v) is 22.2. The van der Waals surface area contributed by atoms with E-state index in [0.29, 0.717) is 0 Å². The molecule has 33 heavy (non-hydrogen) atoms. The Hall–Kier alpha value is -3.12. The molecule has 4 rings (SSSR count). The van der Waals surface area contributed by atoms with Crippen molar-refractivity contribution < 1.29 is 0 Å². The van der Waals surface area contributed by atoms with Gasteiger partial charge in [0.15, 0.2) is 0 Å². The van der Waals surface area contributed by atoms with E-state index >= 15 is 0 Å². The molecular formula is C33H42. The van der Waals surface area contributed by atoms with Gasteiger partial charge in [0.1, 0.15) is 0 Å². The van der Waals surface area contributed by atoms with E-state index in [0.717, 1.165) is 0 Å². The first-order valence-electron chi connectivity index (χ1n) is 12.2. The van der Waals surface area contributed by atoms with Gasteiger partial charge in [-0.05, 0) is 79.1 Å². The molecule has 174 valence electrons. The van der Waals surface area contributed by atoms with E-state index < -0.39 is 0 Å². The summed E-state index contributed by atoms with van der Waals surface area (Å²) < 4.78 is 0. The number of rotatable bonds is 2. The van der Waals surface area contributed by atoms with Crippen molar-refractivity contribution in [3.05, 3.63) is 119 Å². The second kappa shape index (κ2) is 14.9. The summed E-state index contributed by atoms with van der Waals surface area (Å²) in [5.74, 6) is 0. The summed E-state index contributed by atoms with van der Waals surface area (Å²) in [6, 6.07) is 32.2. The number of hydrogen-bond acceptors (Lipinski definition) is 0. The summed E-state index contributed by atoms with van der Waals surface area (Å²) in [4.78, 5) is 0. The molecule has 0 aliphatic heterocycles. The highest BCUT2D eigenvalue weighted by atomic mass is 14.1. The molecule has 0 bridgehead atoms. The van der Waals surface area contributed by atoms with Gasteiger partial charge in [-0.2, -0.15) is 0 Å². The third-order valence-electron chi connectivity index (χ3n) is 5.54. The zero-order valence-electron chi connectivity index (χ0n) is 22.2. The molecule has 0 aromatic heterocycles. The van der Waals surface area contributed by atoms with Gasteiger partial charge in [-0.3, -0.25) is 0 Å². The van der Waals surface area contributed by atoms with Gasteiger partial charge in [-0.25, -0.2) is 0 Å². The minimum Gasteiger partial charge on any atom is -0.0683 e. The van der Waals surface area contributed by atoms with Crippen LogP contribution in [0.4, 0.5) is 0 Å². The molecule has 0 heteroatoms. The van der Waals surface area contributed by atoms with E-state index in [1.165, 1.54) is 50.1 Å². The van der Waals surface area contributed by atoms with Gasteiger partial charge in [-0.1, -0.05) is 124 Å². The third-order valence-corrected chi connectivity index (χ3v) is 5.54. The molecule has 0 spiro atoms. The van der Waals surface area contributed by atoms with Crippen molar-refractivity contribution in [1.82, 2.24) is 0 Å². The Morgan fingerprint density at radius 1 is 0.394 bits per heavy atom. The Bertz CT molecular complexity index is 1050. The second-order valence-electron chi connectivity index (χ2n) is 7.78. The molecule has 0 N–H and O–H groups in total. The molecule has 0 unspecified atom stereocenters. The lowest BCUT2D eigenvalue weighted by atomic mass is 9.97. The highest BCUT2D eigenvalue weighted by Gasteiger charge is 2.02. The van der Waals surface area contributed by atoms with Crippen molar-refractivity contribution in [2.45, 2.75) is 62.3 Å². The maximum atomic E-state index is 2.26. The molecule has 0 saturated heterocycles. The van der Waals surface area contributed by atoms with Crippen LogP contribution in [0.3, 0.4) is 0 Å². The predicted molar refractivity (Wildman–Crippen MR) is 150 cm³/mol. The molecule has 0 aliphatic carbocycles. The lowest BCUT2D eigenvalue weighted by Crippen LogP contribution is -1.88. The second-order valence-corrected chi connectivity index (χ2v) is 7.78. The van der Waals surface area contributed by atoms with Crippen LogP contribution in [0.2, 0.25) is 0 Å². The molecule has 0 nitrogen and oxygen atoms in total. The summed E-state index contributed by atoms with van der Waals surface area (Å²) in [7, 11) is 0. The van der Waals surface area contributed by atoms with Gasteiger partial charge in [0.05, 0.1) is 0 Å². The largest absolute Gasteiger partial charge is 0.0683 e. The average Bonchev–Trinajstić information content (AvgIpc) is 2.87. The van der Waals surface area contributed by atoms with E-state index in [1.807, 2.05) is 27.7 Å². The lowest BCUT2D eigenvalue weighted by Gasteiger charge is -2.09. The van der Waals surface area contributed by atoms with Gasteiger partial charge in [0, 0.05) is 0 Å². The molecular weight excluding hydrogens is 396 g/mol. The fourth-order valence-corrected chi connectivity index (χ4v) is 3.46. The van der Waals surface area contributed by atoms with Crippen LogP contribution >= 0.6 is 0 Å². The standard InChI is InChI=1S/C15H16.C14H14.2C2H6/c1-11-9-15(10-12(2)13(11)3)14-7-5-4-6-8-14;1-11-7-9-13(10-8-11)14-6-4-3-5-12(14)2;2*1-2/h4-10H,1-3H3;3-10H,1-2H3;2*1-2H3. The Balaban J connectivity index is 0.000000288. The topological polar surface area (TPSA) is 0 Å². The summed E-state index contributed by atoms with van der Waals surface area (Å²) in [6.07, 6.45) is 0. The highest BCUT2D eigenvalue weighted by molar-refractivity contribution is 5.67. The molecule has 0 fully saturated rings. The SMILES string of the molecule is CC.CC.Cc1cc(-c2ccccc2)cc(C)c1C.Cc1ccc(-c2ccccc2C)cc1. The maximum absolute atomic E-state index is 2.26. The van der Waals surface area contributed by atoms with E-state index in [2.05, 4.69) is 126 Å². The molecule has 0 radical (unpaired) electrons.